The SMILES string of the molecule is CC(=O)Cc1cnc2c(n1)CCCC2. The van der Waals surface area contributed by atoms with Gasteiger partial charge in [0.05, 0.1) is 17.1 Å². The van der Waals surface area contributed by atoms with Crippen LogP contribution in [0.3, 0.4) is 0 Å². The lowest BCUT2D eigenvalue weighted by Crippen LogP contribution is -2.11. The first-order valence-electron chi connectivity index (χ1n) is 5.09. The fourth-order valence-corrected chi connectivity index (χ4v) is 1.83. The maximum Gasteiger partial charge on any atom is 0.135 e. The van der Waals surface area contributed by atoms with E-state index in [0.717, 1.165) is 29.9 Å². The van der Waals surface area contributed by atoms with Crippen LogP contribution in [0.25, 0.3) is 0 Å². The molecule has 0 spiro atoms. The van der Waals surface area contributed by atoms with Gasteiger partial charge < -0.3 is 0 Å². The largest absolute Gasteiger partial charge is 0.300 e. The highest BCUT2D eigenvalue weighted by Gasteiger charge is 2.12. The summed E-state index contributed by atoms with van der Waals surface area (Å²) in [6, 6.07) is 0. The molecule has 1 aromatic rings. The molecule has 0 aliphatic heterocycles. The van der Waals surface area contributed by atoms with Crippen LogP contribution in [0.15, 0.2) is 6.20 Å². The molecule has 3 heteroatoms. The second-order valence-corrected chi connectivity index (χ2v) is 3.84. The molecule has 0 fully saturated rings. The molecule has 0 unspecified atom stereocenters. The van der Waals surface area contributed by atoms with Gasteiger partial charge in [-0.05, 0) is 32.6 Å². The van der Waals surface area contributed by atoms with E-state index >= 15 is 0 Å². The van der Waals surface area contributed by atoms with Gasteiger partial charge in [-0.3, -0.25) is 14.8 Å². The molecule has 1 aromatic heterocycles. The zero-order chi connectivity index (χ0) is 9.97. The molecule has 3 nitrogen and oxygen atoms in total. The molecule has 14 heavy (non-hydrogen) atoms. The summed E-state index contributed by atoms with van der Waals surface area (Å²) in [5, 5.41) is 0. The topological polar surface area (TPSA) is 42.9 Å². The van der Waals surface area contributed by atoms with Crippen LogP contribution in [0, 0.1) is 0 Å². The van der Waals surface area contributed by atoms with Gasteiger partial charge in [-0.15, -0.1) is 0 Å². The number of carbonyl (C=O) groups is 1. The van der Waals surface area contributed by atoms with E-state index in [0.29, 0.717) is 6.42 Å². The molecule has 0 bridgehead atoms. The number of carbonyl (C=O) groups excluding carboxylic acids is 1. The van der Waals surface area contributed by atoms with E-state index in [1.165, 1.54) is 12.8 Å². The van der Waals surface area contributed by atoms with Gasteiger partial charge in [0.1, 0.15) is 5.78 Å². The van der Waals surface area contributed by atoms with E-state index in [4.69, 9.17) is 0 Å². The average Bonchev–Trinajstić information content (AvgIpc) is 2.17. The molecule has 0 amide bonds. The smallest absolute Gasteiger partial charge is 0.135 e. The van der Waals surface area contributed by atoms with Gasteiger partial charge in [0.15, 0.2) is 0 Å². The summed E-state index contributed by atoms with van der Waals surface area (Å²) in [6.07, 6.45) is 6.64. The van der Waals surface area contributed by atoms with Crippen molar-refractivity contribution in [3.63, 3.8) is 0 Å². The molecule has 0 atom stereocenters. The van der Waals surface area contributed by atoms with Crippen molar-refractivity contribution < 1.29 is 4.79 Å². The molecule has 1 aliphatic rings. The van der Waals surface area contributed by atoms with Gasteiger partial charge in [-0.2, -0.15) is 0 Å². The number of hydrogen-bond donors (Lipinski definition) is 0. The monoisotopic (exact) mass is 190 g/mol. The minimum absolute atomic E-state index is 0.148. The lowest BCUT2D eigenvalue weighted by atomic mass is 10.0. The number of aryl methyl sites for hydroxylation is 2. The van der Waals surface area contributed by atoms with Crippen LogP contribution in [-0.4, -0.2) is 15.8 Å². The van der Waals surface area contributed by atoms with Gasteiger partial charge in [0.2, 0.25) is 0 Å². The van der Waals surface area contributed by atoms with Crippen LogP contribution in [0.1, 0.15) is 36.8 Å². The average molecular weight is 190 g/mol. The number of nitrogens with zero attached hydrogens (tertiary/aromatic N) is 2. The Morgan fingerprint density at radius 3 is 2.79 bits per heavy atom. The van der Waals surface area contributed by atoms with Crippen molar-refractivity contribution in [2.45, 2.75) is 39.0 Å². The normalized spacial score (nSPS) is 14.9. The first kappa shape index (κ1) is 9.31. The predicted molar refractivity (Wildman–Crippen MR) is 53.1 cm³/mol. The molecule has 2 rings (SSSR count). The molecule has 0 saturated heterocycles. The minimum Gasteiger partial charge on any atom is -0.300 e. The van der Waals surface area contributed by atoms with Crippen LogP contribution in [-0.2, 0) is 24.1 Å². The third kappa shape index (κ3) is 1.97. The Balaban J connectivity index is 2.24. The standard InChI is InChI=1S/C11H14N2O/c1-8(14)6-9-7-12-10-4-2-3-5-11(10)13-9/h7H,2-6H2,1H3. The Kier molecular flexibility index (Phi) is 2.57. The molecular weight excluding hydrogens is 176 g/mol. The number of rotatable bonds is 2. The van der Waals surface area contributed by atoms with Crippen LogP contribution in [0.4, 0.5) is 0 Å². The maximum atomic E-state index is 10.9. The second kappa shape index (κ2) is 3.86. The van der Waals surface area contributed by atoms with Crippen molar-refractivity contribution >= 4 is 5.78 Å². The molecule has 0 saturated carbocycles. The summed E-state index contributed by atoms with van der Waals surface area (Å²) in [5.74, 6) is 0.148. The van der Waals surface area contributed by atoms with E-state index < -0.39 is 0 Å². The van der Waals surface area contributed by atoms with Gasteiger partial charge in [-0.1, -0.05) is 0 Å². The highest BCUT2D eigenvalue weighted by Crippen LogP contribution is 2.17. The minimum atomic E-state index is 0.148. The van der Waals surface area contributed by atoms with Gasteiger partial charge in [0, 0.05) is 12.6 Å². The number of fused-ring (bicyclic) bond motifs is 1. The van der Waals surface area contributed by atoms with Crippen molar-refractivity contribution in [3.8, 4) is 0 Å². The first-order valence-corrected chi connectivity index (χ1v) is 5.09. The Labute approximate surface area is 83.6 Å². The van der Waals surface area contributed by atoms with Crippen molar-refractivity contribution in [2.24, 2.45) is 0 Å². The Morgan fingerprint density at radius 1 is 1.36 bits per heavy atom. The predicted octanol–water partition coefficient (Wildman–Crippen LogP) is 1.49. The van der Waals surface area contributed by atoms with Gasteiger partial charge >= 0.3 is 0 Å². The molecule has 0 aromatic carbocycles. The number of ketones is 1. The number of Topliss-reactive ketones (excluding diaryl/α,β-unsaturated/α-hetero) is 1. The van der Waals surface area contributed by atoms with E-state index in [1.807, 2.05) is 0 Å². The van der Waals surface area contributed by atoms with Crippen molar-refractivity contribution in [1.29, 1.82) is 0 Å². The van der Waals surface area contributed by atoms with Crippen LogP contribution in [0.5, 0.6) is 0 Å². The Morgan fingerprint density at radius 2 is 2.07 bits per heavy atom. The zero-order valence-electron chi connectivity index (χ0n) is 8.42. The van der Waals surface area contributed by atoms with E-state index in [-0.39, 0.29) is 5.78 Å². The highest BCUT2D eigenvalue weighted by molar-refractivity contribution is 5.77. The molecule has 0 radical (unpaired) electrons. The fraction of sp³-hybridized carbons (Fsp3) is 0.545. The summed E-state index contributed by atoms with van der Waals surface area (Å²) in [6.45, 7) is 1.58. The summed E-state index contributed by atoms with van der Waals surface area (Å²) in [4.78, 5) is 19.7. The number of aromatic nitrogens is 2. The van der Waals surface area contributed by atoms with E-state index in [1.54, 1.807) is 13.1 Å². The summed E-state index contributed by atoms with van der Waals surface area (Å²) >= 11 is 0. The highest BCUT2D eigenvalue weighted by atomic mass is 16.1. The quantitative estimate of drug-likeness (QED) is 0.709. The summed E-state index contributed by atoms with van der Waals surface area (Å²) in [7, 11) is 0. The third-order valence-electron chi connectivity index (χ3n) is 2.49. The van der Waals surface area contributed by atoms with Crippen LogP contribution < -0.4 is 0 Å². The van der Waals surface area contributed by atoms with E-state index in [9.17, 15) is 4.79 Å². The van der Waals surface area contributed by atoms with Gasteiger partial charge in [-0.25, -0.2) is 0 Å². The summed E-state index contributed by atoms with van der Waals surface area (Å²) < 4.78 is 0. The van der Waals surface area contributed by atoms with Crippen molar-refractivity contribution in [3.05, 3.63) is 23.3 Å². The third-order valence-corrected chi connectivity index (χ3v) is 2.49. The molecular formula is C11H14N2O. The van der Waals surface area contributed by atoms with Crippen molar-refractivity contribution in [1.82, 2.24) is 9.97 Å². The maximum absolute atomic E-state index is 10.9. The summed E-state index contributed by atoms with van der Waals surface area (Å²) in [5.41, 5.74) is 3.05. The zero-order valence-corrected chi connectivity index (χ0v) is 8.42. The lowest BCUT2D eigenvalue weighted by molar-refractivity contribution is -0.116. The number of hydrogen-bond acceptors (Lipinski definition) is 3. The molecule has 1 heterocycles. The van der Waals surface area contributed by atoms with Crippen molar-refractivity contribution in [2.75, 3.05) is 0 Å². The van der Waals surface area contributed by atoms with Crippen LogP contribution in [0.2, 0.25) is 0 Å². The Bertz CT molecular complexity index is 360. The van der Waals surface area contributed by atoms with Gasteiger partial charge in [0.25, 0.3) is 0 Å². The Hall–Kier alpha value is -1.25. The van der Waals surface area contributed by atoms with E-state index in [2.05, 4.69) is 9.97 Å². The molecule has 74 valence electrons. The van der Waals surface area contributed by atoms with Crippen LogP contribution >= 0.6 is 0 Å². The molecule has 1 aliphatic carbocycles. The second-order valence-electron chi connectivity index (χ2n) is 3.84. The molecule has 0 N–H and O–H groups in total. The lowest BCUT2D eigenvalue weighted by Gasteiger charge is -2.13. The fourth-order valence-electron chi connectivity index (χ4n) is 1.83. The first-order chi connectivity index (χ1) is 6.75.